The Kier molecular flexibility index (Phi) is 4.18. The van der Waals surface area contributed by atoms with Gasteiger partial charge in [-0.2, -0.15) is 0 Å². The number of hydrogen-bond acceptors (Lipinski definition) is 2. The van der Waals surface area contributed by atoms with E-state index in [9.17, 15) is 4.79 Å². The summed E-state index contributed by atoms with van der Waals surface area (Å²) in [6, 6.07) is 7.21. The smallest absolute Gasteiger partial charge is 0.133 e. The molecule has 1 aromatic carbocycles. The molecule has 0 spiro atoms. The van der Waals surface area contributed by atoms with Crippen LogP contribution >= 0.6 is 0 Å². The maximum absolute atomic E-state index is 11.3. The molecule has 0 heterocycles. The number of aryl methyl sites for hydroxylation is 2. The summed E-state index contributed by atoms with van der Waals surface area (Å²) in [5, 5.41) is 0. The zero-order valence-electron chi connectivity index (χ0n) is 11.7. The number of nitrogens with zero attached hydrogens (tertiary/aromatic N) is 1. The predicted octanol–water partition coefficient (Wildman–Crippen LogP) is 3.25. The second kappa shape index (κ2) is 5.66. The number of carbonyl (C=O) groups is 1. The Morgan fingerprint density at radius 3 is 2.56 bits per heavy atom. The van der Waals surface area contributed by atoms with E-state index in [4.69, 9.17) is 0 Å². The van der Waals surface area contributed by atoms with Crippen LogP contribution in [0, 0.1) is 13.8 Å². The van der Waals surface area contributed by atoms with Crippen LogP contribution in [0.5, 0.6) is 0 Å². The van der Waals surface area contributed by atoms with Gasteiger partial charge in [-0.25, -0.2) is 0 Å². The highest BCUT2D eigenvalue weighted by molar-refractivity contribution is 5.79. The quantitative estimate of drug-likeness (QED) is 0.814. The highest BCUT2D eigenvalue weighted by Crippen LogP contribution is 2.22. The number of benzene rings is 1. The first-order valence-electron chi connectivity index (χ1n) is 6.84. The van der Waals surface area contributed by atoms with Gasteiger partial charge in [-0.1, -0.05) is 23.8 Å². The van der Waals surface area contributed by atoms with E-state index < -0.39 is 0 Å². The molecule has 1 aromatic rings. The number of ketones is 1. The summed E-state index contributed by atoms with van der Waals surface area (Å²) in [5.41, 5.74) is 4.09. The molecule has 0 saturated heterocycles. The van der Waals surface area contributed by atoms with Crippen molar-refractivity contribution in [2.24, 2.45) is 0 Å². The molecule has 2 nitrogen and oxygen atoms in total. The summed E-state index contributed by atoms with van der Waals surface area (Å²) < 4.78 is 0. The van der Waals surface area contributed by atoms with Gasteiger partial charge in [0.25, 0.3) is 0 Å². The molecule has 1 saturated carbocycles. The largest absolute Gasteiger partial charge is 0.300 e. The number of rotatable bonds is 3. The minimum Gasteiger partial charge on any atom is -0.300 e. The second-order valence-corrected chi connectivity index (χ2v) is 5.61. The Hall–Kier alpha value is -1.15. The highest BCUT2D eigenvalue weighted by atomic mass is 16.1. The molecular weight excluding hydrogens is 222 g/mol. The Bertz CT molecular complexity index is 429. The second-order valence-electron chi connectivity index (χ2n) is 5.61. The summed E-state index contributed by atoms with van der Waals surface area (Å²) in [5.74, 6) is 0.436. The fourth-order valence-electron chi connectivity index (χ4n) is 2.73. The third-order valence-electron chi connectivity index (χ3n) is 4.06. The number of Topliss-reactive ketones (excluding diaryl/α,β-unsaturated/α-hetero) is 1. The van der Waals surface area contributed by atoms with Gasteiger partial charge in [0.05, 0.1) is 0 Å². The van der Waals surface area contributed by atoms with Gasteiger partial charge < -0.3 is 0 Å². The van der Waals surface area contributed by atoms with Crippen molar-refractivity contribution in [3.63, 3.8) is 0 Å². The zero-order chi connectivity index (χ0) is 13.1. The molecule has 1 aliphatic rings. The van der Waals surface area contributed by atoms with Gasteiger partial charge in [0, 0.05) is 25.4 Å². The van der Waals surface area contributed by atoms with E-state index in [0.717, 1.165) is 32.2 Å². The van der Waals surface area contributed by atoms with E-state index in [-0.39, 0.29) is 0 Å². The normalized spacial score (nSPS) is 17.4. The van der Waals surface area contributed by atoms with Crippen LogP contribution in [0.3, 0.4) is 0 Å². The summed E-state index contributed by atoms with van der Waals surface area (Å²) in [6.45, 7) is 5.31. The summed E-state index contributed by atoms with van der Waals surface area (Å²) in [4.78, 5) is 13.7. The molecule has 0 atom stereocenters. The Morgan fingerprint density at radius 2 is 1.89 bits per heavy atom. The van der Waals surface area contributed by atoms with E-state index >= 15 is 0 Å². The van der Waals surface area contributed by atoms with E-state index in [1.165, 1.54) is 16.7 Å². The van der Waals surface area contributed by atoms with Crippen LogP contribution in [0.2, 0.25) is 0 Å². The van der Waals surface area contributed by atoms with Crippen LogP contribution in [-0.4, -0.2) is 23.8 Å². The van der Waals surface area contributed by atoms with Crippen molar-refractivity contribution < 1.29 is 4.79 Å². The van der Waals surface area contributed by atoms with Crippen LogP contribution in [0.15, 0.2) is 18.2 Å². The zero-order valence-corrected chi connectivity index (χ0v) is 11.7. The van der Waals surface area contributed by atoms with Gasteiger partial charge in [0.15, 0.2) is 0 Å². The molecule has 0 N–H and O–H groups in total. The minimum absolute atomic E-state index is 0.436. The highest BCUT2D eigenvalue weighted by Gasteiger charge is 2.22. The van der Waals surface area contributed by atoms with E-state index in [0.29, 0.717) is 11.8 Å². The van der Waals surface area contributed by atoms with Crippen LogP contribution in [0.1, 0.15) is 42.4 Å². The van der Waals surface area contributed by atoms with Crippen LogP contribution in [0.4, 0.5) is 0 Å². The molecule has 0 aliphatic heterocycles. The first-order chi connectivity index (χ1) is 8.56. The first-order valence-corrected chi connectivity index (χ1v) is 6.84. The molecule has 0 bridgehead atoms. The fourth-order valence-corrected chi connectivity index (χ4v) is 2.73. The van der Waals surface area contributed by atoms with Crippen molar-refractivity contribution in [2.45, 2.75) is 52.1 Å². The van der Waals surface area contributed by atoms with Gasteiger partial charge in [-0.3, -0.25) is 9.69 Å². The van der Waals surface area contributed by atoms with Gasteiger partial charge in [-0.15, -0.1) is 0 Å². The molecule has 0 amide bonds. The van der Waals surface area contributed by atoms with Crippen molar-refractivity contribution in [1.82, 2.24) is 4.90 Å². The number of hydrogen-bond donors (Lipinski definition) is 0. The molecule has 2 heteroatoms. The summed E-state index contributed by atoms with van der Waals surface area (Å²) in [7, 11) is 2.18. The lowest BCUT2D eigenvalue weighted by atomic mass is 9.93. The molecule has 98 valence electrons. The van der Waals surface area contributed by atoms with Crippen LogP contribution < -0.4 is 0 Å². The molecule has 0 aromatic heterocycles. The van der Waals surface area contributed by atoms with E-state index in [1.54, 1.807) is 0 Å². The standard InChI is InChI=1S/C16H23NO/c1-12-4-5-13(2)14(10-12)11-17(3)15-6-8-16(18)9-7-15/h4-5,10,15H,6-9,11H2,1-3H3. The van der Waals surface area contributed by atoms with Gasteiger partial charge in [-0.05, 0) is 44.9 Å². The third-order valence-corrected chi connectivity index (χ3v) is 4.06. The Labute approximate surface area is 110 Å². The molecule has 2 rings (SSSR count). The van der Waals surface area contributed by atoms with E-state index in [2.05, 4.69) is 44.0 Å². The predicted molar refractivity (Wildman–Crippen MR) is 74.6 cm³/mol. The fraction of sp³-hybridized carbons (Fsp3) is 0.562. The molecule has 1 fully saturated rings. The summed E-state index contributed by atoms with van der Waals surface area (Å²) in [6.07, 6.45) is 3.59. The maximum atomic E-state index is 11.3. The molecule has 0 radical (unpaired) electrons. The van der Waals surface area contributed by atoms with Gasteiger partial charge in [0.1, 0.15) is 5.78 Å². The van der Waals surface area contributed by atoms with Gasteiger partial charge in [0.2, 0.25) is 0 Å². The monoisotopic (exact) mass is 245 g/mol. The number of carbonyl (C=O) groups excluding carboxylic acids is 1. The van der Waals surface area contributed by atoms with Crippen LogP contribution in [-0.2, 0) is 11.3 Å². The molecule has 1 aliphatic carbocycles. The first kappa shape index (κ1) is 13.3. The van der Waals surface area contributed by atoms with Crippen molar-refractivity contribution >= 4 is 5.78 Å². The van der Waals surface area contributed by atoms with Crippen molar-refractivity contribution in [1.29, 1.82) is 0 Å². The van der Waals surface area contributed by atoms with Crippen molar-refractivity contribution in [3.8, 4) is 0 Å². The van der Waals surface area contributed by atoms with E-state index in [1.807, 2.05) is 0 Å². The maximum Gasteiger partial charge on any atom is 0.133 e. The Balaban J connectivity index is 2.00. The molecule has 0 unspecified atom stereocenters. The lowest BCUT2D eigenvalue weighted by Gasteiger charge is -2.31. The minimum atomic E-state index is 0.436. The Morgan fingerprint density at radius 1 is 1.22 bits per heavy atom. The van der Waals surface area contributed by atoms with Crippen LogP contribution in [0.25, 0.3) is 0 Å². The topological polar surface area (TPSA) is 20.3 Å². The third kappa shape index (κ3) is 3.20. The molecule has 18 heavy (non-hydrogen) atoms. The lowest BCUT2D eigenvalue weighted by molar-refractivity contribution is -0.121. The summed E-state index contributed by atoms with van der Waals surface area (Å²) >= 11 is 0. The SMILES string of the molecule is Cc1ccc(C)c(CN(C)C2CCC(=O)CC2)c1. The lowest BCUT2D eigenvalue weighted by Crippen LogP contribution is -2.35. The average molecular weight is 245 g/mol. The molecular formula is C16H23NO. The van der Waals surface area contributed by atoms with Crippen molar-refractivity contribution in [2.75, 3.05) is 7.05 Å². The average Bonchev–Trinajstić information content (AvgIpc) is 2.34. The van der Waals surface area contributed by atoms with Gasteiger partial charge >= 0.3 is 0 Å². The van der Waals surface area contributed by atoms with Crippen molar-refractivity contribution in [3.05, 3.63) is 34.9 Å².